The Kier molecular flexibility index (Phi) is 2.34. The van der Waals surface area contributed by atoms with Crippen molar-refractivity contribution >= 4 is 28.9 Å². The standard InChI is InChI=1S/C14H15ClN2OS/c1-14-7-10(16-13(19)17(14)8-5-6-8)12-9(15)3-2-4-11(12)18-14/h2-4,8,10H,5-7H2,1H3,(H,16,19). The topological polar surface area (TPSA) is 24.5 Å². The lowest BCUT2D eigenvalue weighted by Crippen LogP contribution is -2.65. The molecular weight excluding hydrogens is 280 g/mol. The molecule has 1 aliphatic carbocycles. The van der Waals surface area contributed by atoms with Crippen LogP contribution in [0.5, 0.6) is 5.75 Å². The molecule has 2 unspecified atom stereocenters. The molecule has 1 aromatic rings. The van der Waals surface area contributed by atoms with Crippen LogP contribution >= 0.6 is 23.8 Å². The van der Waals surface area contributed by atoms with E-state index in [-0.39, 0.29) is 11.8 Å². The van der Waals surface area contributed by atoms with E-state index in [0.717, 1.165) is 27.9 Å². The number of fused-ring (bicyclic) bond motifs is 4. The highest BCUT2D eigenvalue weighted by Crippen LogP contribution is 2.49. The molecule has 1 aromatic carbocycles. The highest BCUT2D eigenvalue weighted by molar-refractivity contribution is 7.80. The number of hydrogen-bond acceptors (Lipinski definition) is 2. The van der Waals surface area contributed by atoms with Crippen LogP contribution in [0.4, 0.5) is 0 Å². The molecule has 0 amide bonds. The van der Waals surface area contributed by atoms with Crippen LogP contribution in [0.2, 0.25) is 5.02 Å². The molecule has 19 heavy (non-hydrogen) atoms. The fraction of sp³-hybridized carbons (Fsp3) is 0.500. The Balaban J connectivity index is 1.82. The molecule has 2 fully saturated rings. The van der Waals surface area contributed by atoms with Gasteiger partial charge in [-0.1, -0.05) is 17.7 Å². The molecular formula is C14H15ClN2OS. The monoisotopic (exact) mass is 294 g/mol. The molecule has 0 aromatic heterocycles. The fourth-order valence-corrected chi connectivity index (χ4v) is 4.07. The van der Waals surface area contributed by atoms with Crippen LogP contribution in [0, 0.1) is 0 Å². The Bertz CT molecular complexity index is 575. The molecule has 2 aliphatic heterocycles. The number of thiocarbonyl (C=S) groups is 1. The highest BCUT2D eigenvalue weighted by Gasteiger charge is 2.52. The Hall–Kier alpha value is -1.00. The zero-order valence-electron chi connectivity index (χ0n) is 10.6. The normalized spacial score (nSPS) is 32.4. The summed E-state index contributed by atoms with van der Waals surface area (Å²) in [6, 6.07) is 6.53. The Morgan fingerprint density at radius 1 is 1.47 bits per heavy atom. The van der Waals surface area contributed by atoms with Gasteiger partial charge in [0.25, 0.3) is 0 Å². The lowest BCUT2D eigenvalue weighted by Gasteiger charge is -2.52. The maximum atomic E-state index is 6.31. The minimum absolute atomic E-state index is 0.157. The summed E-state index contributed by atoms with van der Waals surface area (Å²) in [6.45, 7) is 2.13. The Labute approximate surface area is 122 Å². The Morgan fingerprint density at radius 3 is 3.00 bits per heavy atom. The first-order valence-corrected chi connectivity index (χ1v) is 7.44. The van der Waals surface area contributed by atoms with Gasteiger partial charge >= 0.3 is 0 Å². The molecule has 0 radical (unpaired) electrons. The SMILES string of the molecule is CC12CC(NC(=S)N1C1CC1)c1c(Cl)cccc1O2. The van der Waals surface area contributed by atoms with Crippen LogP contribution < -0.4 is 10.1 Å². The van der Waals surface area contributed by atoms with Crippen LogP contribution in [0.3, 0.4) is 0 Å². The van der Waals surface area contributed by atoms with Crippen LogP contribution in [0.15, 0.2) is 18.2 Å². The summed E-state index contributed by atoms with van der Waals surface area (Å²) < 4.78 is 6.27. The minimum Gasteiger partial charge on any atom is -0.468 e. The number of benzene rings is 1. The van der Waals surface area contributed by atoms with Gasteiger partial charge in [-0.25, -0.2) is 0 Å². The predicted molar refractivity (Wildman–Crippen MR) is 78.4 cm³/mol. The molecule has 3 nitrogen and oxygen atoms in total. The van der Waals surface area contributed by atoms with Gasteiger partial charge in [0.1, 0.15) is 5.75 Å². The average Bonchev–Trinajstić information content (AvgIpc) is 3.11. The predicted octanol–water partition coefficient (Wildman–Crippen LogP) is 3.23. The van der Waals surface area contributed by atoms with E-state index in [1.807, 2.05) is 18.2 Å². The van der Waals surface area contributed by atoms with Gasteiger partial charge in [-0.05, 0) is 44.1 Å². The van der Waals surface area contributed by atoms with Gasteiger partial charge in [0.15, 0.2) is 10.8 Å². The van der Waals surface area contributed by atoms with E-state index >= 15 is 0 Å². The number of rotatable bonds is 1. The minimum atomic E-state index is -0.341. The molecule has 5 heteroatoms. The summed E-state index contributed by atoms with van der Waals surface area (Å²) in [4.78, 5) is 2.24. The molecule has 1 saturated carbocycles. The van der Waals surface area contributed by atoms with Crippen molar-refractivity contribution in [3.05, 3.63) is 28.8 Å². The first-order chi connectivity index (χ1) is 9.08. The van der Waals surface area contributed by atoms with E-state index < -0.39 is 0 Å². The fourth-order valence-electron chi connectivity index (χ4n) is 3.29. The second kappa shape index (κ2) is 3.76. The van der Waals surface area contributed by atoms with Crippen molar-refractivity contribution in [1.29, 1.82) is 0 Å². The largest absolute Gasteiger partial charge is 0.468 e. The number of halogens is 1. The molecule has 1 N–H and O–H groups in total. The zero-order valence-corrected chi connectivity index (χ0v) is 12.2. The van der Waals surface area contributed by atoms with Gasteiger partial charge in [-0.3, -0.25) is 0 Å². The van der Waals surface area contributed by atoms with E-state index in [1.54, 1.807) is 0 Å². The third-order valence-corrected chi connectivity index (χ3v) is 4.86. The van der Waals surface area contributed by atoms with Crippen molar-refractivity contribution in [2.45, 2.75) is 44.0 Å². The molecule has 2 heterocycles. The number of ether oxygens (including phenoxy) is 1. The van der Waals surface area contributed by atoms with Crippen molar-refractivity contribution in [2.75, 3.05) is 0 Å². The van der Waals surface area contributed by atoms with Gasteiger partial charge in [0.05, 0.1) is 6.04 Å². The molecule has 4 rings (SSSR count). The van der Waals surface area contributed by atoms with E-state index in [4.69, 9.17) is 28.6 Å². The zero-order chi connectivity index (χ0) is 13.2. The van der Waals surface area contributed by atoms with Gasteiger partial charge in [-0.15, -0.1) is 0 Å². The van der Waals surface area contributed by atoms with E-state index in [1.165, 1.54) is 12.8 Å². The van der Waals surface area contributed by atoms with Crippen molar-refractivity contribution in [1.82, 2.24) is 10.2 Å². The first-order valence-electron chi connectivity index (χ1n) is 6.66. The van der Waals surface area contributed by atoms with Crippen LogP contribution in [0.25, 0.3) is 0 Å². The molecule has 100 valence electrons. The molecule has 1 saturated heterocycles. The summed E-state index contributed by atoms with van der Waals surface area (Å²) in [7, 11) is 0. The van der Waals surface area contributed by atoms with Crippen molar-refractivity contribution in [2.24, 2.45) is 0 Å². The smallest absolute Gasteiger partial charge is 0.184 e. The van der Waals surface area contributed by atoms with Crippen LogP contribution in [0.1, 0.15) is 37.8 Å². The summed E-state index contributed by atoms with van der Waals surface area (Å²) in [6.07, 6.45) is 3.28. The summed E-state index contributed by atoms with van der Waals surface area (Å²) >= 11 is 11.8. The van der Waals surface area contributed by atoms with E-state index in [9.17, 15) is 0 Å². The molecule has 2 atom stereocenters. The highest BCUT2D eigenvalue weighted by atomic mass is 35.5. The Morgan fingerprint density at radius 2 is 2.26 bits per heavy atom. The van der Waals surface area contributed by atoms with Gasteiger partial charge in [-0.2, -0.15) is 0 Å². The number of nitrogens with one attached hydrogen (secondary N) is 1. The van der Waals surface area contributed by atoms with Crippen LogP contribution in [-0.4, -0.2) is 21.8 Å². The molecule has 2 bridgehead atoms. The number of nitrogens with zero attached hydrogens (tertiary/aromatic N) is 1. The second-order valence-electron chi connectivity index (χ2n) is 5.74. The first kappa shape index (κ1) is 11.8. The lowest BCUT2D eigenvalue weighted by molar-refractivity contribution is -0.0721. The van der Waals surface area contributed by atoms with Crippen molar-refractivity contribution in [3.63, 3.8) is 0 Å². The molecule has 0 spiro atoms. The second-order valence-corrected chi connectivity index (χ2v) is 6.53. The maximum absolute atomic E-state index is 6.31. The summed E-state index contributed by atoms with van der Waals surface area (Å²) in [5, 5.41) is 4.98. The van der Waals surface area contributed by atoms with Crippen molar-refractivity contribution < 1.29 is 4.74 Å². The third kappa shape index (κ3) is 1.66. The van der Waals surface area contributed by atoms with Gasteiger partial charge in [0, 0.05) is 23.0 Å². The number of hydrogen-bond donors (Lipinski definition) is 1. The van der Waals surface area contributed by atoms with Crippen LogP contribution in [-0.2, 0) is 0 Å². The van der Waals surface area contributed by atoms with Gasteiger partial charge < -0.3 is 15.0 Å². The third-order valence-electron chi connectivity index (χ3n) is 4.21. The maximum Gasteiger partial charge on any atom is 0.184 e. The van der Waals surface area contributed by atoms with Gasteiger partial charge in [0.2, 0.25) is 0 Å². The lowest BCUT2D eigenvalue weighted by atomic mass is 9.90. The average molecular weight is 295 g/mol. The molecule has 3 aliphatic rings. The van der Waals surface area contributed by atoms with Crippen molar-refractivity contribution in [3.8, 4) is 5.75 Å². The summed E-state index contributed by atoms with van der Waals surface area (Å²) in [5.41, 5.74) is 0.700. The quantitative estimate of drug-likeness (QED) is 0.804. The summed E-state index contributed by atoms with van der Waals surface area (Å²) in [5.74, 6) is 0.881. The van der Waals surface area contributed by atoms with E-state index in [0.29, 0.717) is 6.04 Å². The van der Waals surface area contributed by atoms with E-state index in [2.05, 4.69) is 17.1 Å².